The molecule has 0 heterocycles. The van der Waals surface area contributed by atoms with Crippen LogP contribution in [0, 0.1) is 0 Å². The zero-order valence-corrected chi connectivity index (χ0v) is 26.2. The highest BCUT2D eigenvalue weighted by molar-refractivity contribution is 7.98. The van der Waals surface area contributed by atoms with Gasteiger partial charge in [-0.2, -0.15) is 0 Å². The molecule has 11 heteroatoms. The fourth-order valence-corrected chi connectivity index (χ4v) is 6.00. The molecule has 3 rings (SSSR count). The van der Waals surface area contributed by atoms with E-state index < -0.39 is 28.5 Å². The van der Waals surface area contributed by atoms with Crippen molar-refractivity contribution in [2.75, 3.05) is 23.7 Å². The maximum absolute atomic E-state index is 14.0. The van der Waals surface area contributed by atoms with Gasteiger partial charge in [0, 0.05) is 22.5 Å². The Kier molecular flexibility index (Phi) is 11.5. The molecule has 0 fully saturated rings. The molecule has 0 spiro atoms. The van der Waals surface area contributed by atoms with Crippen LogP contribution in [0.3, 0.4) is 0 Å². The van der Waals surface area contributed by atoms with Gasteiger partial charge in [-0.3, -0.25) is 13.9 Å². The van der Waals surface area contributed by atoms with E-state index in [1.165, 1.54) is 28.8 Å². The summed E-state index contributed by atoms with van der Waals surface area (Å²) in [5, 5.41) is 3.38. The minimum atomic E-state index is -4.16. The Morgan fingerprint density at radius 2 is 1.56 bits per heavy atom. The highest BCUT2D eigenvalue weighted by Gasteiger charge is 2.32. The van der Waals surface area contributed by atoms with Crippen molar-refractivity contribution in [3.05, 3.63) is 83.4 Å². The molecule has 220 valence electrons. The van der Waals surface area contributed by atoms with Crippen molar-refractivity contribution in [2.24, 2.45) is 0 Å². The topological polar surface area (TPSA) is 96.0 Å². The van der Waals surface area contributed by atoms with Crippen molar-refractivity contribution in [1.82, 2.24) is 10.2 Å². The molecule has 8 nitrogen and oxygen atoms in total. The summed E-state index contributed by atoms with van der Waals surface area (Å²) in [4.78, 5) is 29.3. The molecular formula is C30H36ClN3O5S2. The van der Waals surface area contributed by atoms with Crippen LogP contribution in [0.5, 0.6) is 5.75 Å². The third-order valence-electron chi connectivity index (χ3n) is 6.23. The van der Waals surface area contributed by atoms with E-state index in [9.17, 15) is 18.0 Å². The number of nitrogens with zero attached hydrogens (tertiary/aromatic N) is 2. The Hall–Kier alpha value is -3.21. The zero-order valence-electron chi connectivity index (χ0n) is 23.8. The normalized spacial score (nSPS) is 12.1. The highest BCUT2D eigenvalue weighted by atomic mass is 35.5. The van der Waals surface area contributed by atoms with Crippen LogP contribution in [0.1, 0.15) is 33.3 Å². The van der Waals surface area contributed by atoms with Gasteiger partial charge in [-0.15, -0.1) is 11.8 Å². The number of sulfonamides is 1. The first-order valence-corrected chi connectivity index (χ1v) is 16.2. The Labute approximate surface area is 252 Å². The second-order valence-corrected chi connectivity index (χ2v) is 12.8. The van der Waals surface area contributed by atoms with E-state index in [0.29, 0.717) is 23.1 Å². The number of carbonyl (C=O) groups excluding carboxylic acids is 2. The first-order chi connectivity index (χ1) is 19.5. The summed E-state index contributed by atoms with van der Waals surface area (Å²) in [5.41, 5.74) is 1.04. The fraction of sp³-hybridized carbons (Fsp3) is 0.333. The van der Waals surface area contributed by atoms with Crippen LogP contribution in [0.25, 0.3) is 0 Å². The van der Waals surface area contributed by atoms with Crippen molar-refractivity contribution in [1.29, 1.82) is 0 Å². The van der Waals surface area contributed by atoms with Crippen LogP contribution in [0.4, 0.5) is 5.69 Å². The zero-order chi connectivity index (χ0) is 30.2. The number of rotatable bonds is 13. The lowest BCUT2D eigenvalue weighted by molar-refractivity contribution is -0.139. The first kappa shape index (κ1) is 32.3. The molecule has 1 atom stereocenters. The van der Waals surface area contributed by atoms with Gasteiger partial charge in [-0.25, -0.2) is 8.42 Å². The number of carbonyl (C=O) groups is 2. The van der Waals surface area contributed by atoms with Gasteiger partial charge >= 0.3 is 0 Å². The summed E-state index contributed by atoms with van der Waals surface area (Å²) in [6.45, 7) is 7.17. The SMILES string of the molecule is CCOc1ccc(N(CC(=O)N(Cc2ccc(Cl)cc2)C(C)C(=O)NC(C)C)S(=O)(=O)c2ccc(SC)cc2)cc1. The summed E-state index contributed by atoms with van der Waals surface area (Å²) in [7, 11) is -4.16. The first-order valence-electron chi connectivity index (χ1n) is 13.2. The molecule has 2 amide bonds. The summed E-state index contributed by atoms with van der Waals surface area (Å²) < 4.78 is 34.5. The molecule has 3 aromatic rings. The average Bonchev–Trinajstić information content (AvgIpc) is 2.95. The van der Waals surface area contributed by atoms with Crippen LogP contribution in [-0.4, -0.2) is 56.6 Å². The monoisotopic (exact) mass is 617 g/mol. The molecule has 0 aliphatic carbocycles. The molecular weight excluding hydrogens is 582 g/mol. The molecule has 41 heavy (non-hydrogen) atoms. The lowest BCUT2D eigenvalue weighted by atomic mass is 10.1. The van der Waals surface area contributed by atoms with Gasteiger partial charge in [-0.1, -0.05) is 23.7 Å². The Morgan fingerprint density at radius 3 is 2.10 bits per heavy atom. The number of thioether (sulfide) groups is 1. The molecule has 0 aliphatic rings. The van der Waals surface area contributed by atoms with Crippen LogP contribution in [0.15, 0.2) is 82.6 Å². The van der Waals surface area contributed by atoms with E-state index >= 15 is 0 Å². The number of hydrogen-bond donors (Lipinski definition) is 1. The lowest BCUT2D eigenvalue weighted by Crippen LogP contribution is -2.52. The standard InChI is InChI=1S/C30H36ClN3O5S2/c1-6-39-26-13-11-25(12-14-26)34(41(37,38)28-17-15-27(40-5)16-18-28)20-29(35)33(22(4)30(36)32-21(2)3)19-23-7-9-24(31)10-8-23/h7-18,21-22H,6,19-20H2,1-5H3,(H,32,36). The molecule has 0 saturated carbocycles. The summed E-state index contributed by atoms with van der Waals surface area (Å²) >= 11 is 7.54. The van der Waals surface area contributed by atoms with Crippen LogP contribution < -0.4 is 14.4 Å². The Morgan fingerprint density at radius 1 is 0.951 bits per heavy atom. The summed E-state index contributed by atoms with van der Waals surface area (Å²) in [6, 6.07) is 19.0. The predicted molar refractivity (Wildman–Crippen MR) is 165 cm³/mol. The number of halogens is 1. The minimum Gasteiger partial charge on any atom is -0.494 e. The minimum absolute atomic E-state index is 0.0480. The Balaban J connectivity index is 2.03. The van der Waals surface area contributed by atoms with Gasteiger partial charge in [0.2, 0.25) is 11.8 Å². The van der Waals surface area contributed by atoms with Crippen LogP contribution >= 0.6 is 23.4 Å². The lowest BCUT2D eigenvalue weighted by Gasteiger charge is -2.32. The second-order valence-electron chi connectivity index (χ2n) is 9.60. The number of hydrogen-bond acceptors (Lipinski definition) is 6. The maximum atomic E-state index is 14.0. The quantitative estimate of drug-likeness (QED) is 0.251. The smallest absolute Gasteiger partial charge is 0.264 e. The van der Waals surface area contributed by atoms with Gasteiger partial charge < -0.3 is 15.0 Å². The van der Waals surface area contributed by atoms with Crippen molar-refractivity contribution in [3.63, 3.8) is 0 Å². The van der Waals surface area contributed by atoms with Crippen molar-refractivity contribution in [3.8, 4) is 5.75 Å². The number of benzene rings is 3. The average molecular weight is 618 g/mol. The predicted octanol–water partition coefficient (Wildman–Crippen LogP) is 5.60. The molecule has 3 aromatic carbocycles. The maximum Gasteiger partial charge on any atom is 0.264 e. The van der Waals surface area contributed by atoms with Gasteiger partial charge in [-0.05, 0) is 100 Å². The van der Waals surface area contributed by atoms with Gasteiger partial charge in [0.05, 0.1) is 17.2 Å². The fourth-order valence-electron chi connectivity index (χ4n) is 4.05. The number of amides is 2. The molecule has 0 aromatic heterocycles. The van der Waals surface area contributed by atoms with E-state index in [4.69, 9.17) is 16.3 Å². The number of ether oxygens (including phenoxy) is 1. The summed E-state index contributed by atoms with van der Waals surface area (Å²) in [6.07, 6.45) is 1.90. The van der Waals surface area contributed by atoms with Crippen molar-refractivity contribution < 1.29 is 22.7 Å². The van der Waals surface area contributed by atoms with Crippen LogP contribution in [-0.2, 0) is 26.2 Å². The molecule has 0 radical (unpaired) electrons. The summed E-state index contributed by atoms with van der Waals surface area (Å²) in [5.74, 6) is -0.303. The van der Waals surface area contributed by atoms with Crippen molar-refractivity contribution >= 4 is 50.9 Å². The van der Waals surface area contributed by atoms with E-state index in [0.717, 1.165) is 14.8 Å². The molecule has 1 N–H and O–H groups in total. The number of nitrogens with one attached hydrogen (secondary N) is 1. The highest BCUT2D eigenvalue weighted by Crippen LogP contribution is 2.28. The second kappa shape index (κ2) is 14.6. The van der Waals surface area contributed by atoms with Gasteiger partial charge in [0.1, 0.15) is 18.3 Å². The molecule has 0 aliphatic heterocycles. The molecule has 1 unspecified atom stereocenters. The van der Waals surface area contributed by atoms with Crippen molar-refractivity contribution in [2.45, 2.75) is 56.1 Å². The van der Waals surface area contributed by atoms with Gasteiger partial charge in [0.15, 0.2) is 0 Å². The largest absolute Gasteiger partial charge is 0.494 e. The third kappa shape index (κ3) is 8.64. The Bertz CT molecular complexity index is 1410. The van der Waals surface area contributed by atoms with Gasteiger partial charge in [0.25, 0.3) is 10.0 Å². The molecule has 0 bridgehead atoms. The van der Waals surface area contributed by atoms with E-state index in [1.54, 1.807) is 67.6 Å². The molecule has 0 saturated heterocycles. The van der Waals surface area contributed by atoms with Crippen LogP contribution in [0.2, 0.25) is 5.02 Å². The van der Waals surface area contributed by atoms with E-state index in [-0.39, 0.29) is 23.4 Å². The van der Waals surface area contributed by atoms with E-state index in [1.807, 2.05) is 27.0 Å². The number of anilines is 1. The van der Waals surface area contributed by atoms with E-state index in [2.05, 4.69) is 5.32 Å². The third-order valence-corrected chi connectivity index (χ3v) is 9.01.